The van der Waals surface area contributed by atoms with Gasteiger partial charge in [0, 0.05) is 16.6 Å². The smallest absolute Gasteiger partial charge is 0.256 e. The first-order valence-electron chi connectivity index (χ1n) is 7.85. The summed E-state index contributed by atoms with van der Waals surface area (Å²) in [4.78, 5) is 25.1. The maximum atomic E-state index is 12.5. The van der Waals surface area contributed by atoms with Crippen LogP contribution < -0.4 is 10.6 Å². The van der Waals surface area contributed by atoms with E-state index in [1.165, 1.54) is 11.8 Å². The van der Waals surface area contributed by atoms with Crippen LogP contribution in [0.3, 0.4) is 0 Å². The van der Waals surface area contributed by atoms with Gasteiger partial charge in [-0.2, -0.15) is 0 Å². The molecule has 2 rings (SSSR count). The van der Waals surface area contributed by atoms with Crippen LogP contribution in [0.25, 0.3) is 0 Å². The number of hydrogen-bond acceptors (Lipinski definition) is 3. The van der Waals surface area contributed by atoms with Crippen LogP contribution in [0.1, 0.15) is 29.8 Å². The molecule has 2 N–H and O–H groups in total. The molecule has 0 aromatic heterocycles. The van der Waals surface area contributed by atoms with E-state index < -0.39 is 0 Å². The first-order chi connectivity index (χ1) is 11.5. The van der Waals surface area contributed by atoms with E-state index in [0.717, 1.165) is 16.1 Å². The van der Waals surface area contributed by atoms with Crippen LogP contribution in [-0.2, 0) is 4.79 Å². The molecule has 0 saturated heterocycles. The van der Waals surface area contributed by atoms with Crippen molar-refractivity contribution in [1.82, 2.24) is 5.32 Å². The first-order valence-corrected chi connectivity index (χ1v) is 8.83. The summed E-state index contributed by atoms with van der Waals surface area (Å²) in [5, 5.41) is 5.75. The lowest BCUT2D eigenvalue weighted by molar-refractivity contribution is -0.119. The van der Waals surface area contributed by atoms with Crippen LogP contribution >= 0.6 is 11.8 Å². The molecule has 2 aromatic carbocycles. The number of carbonyl (C=O) groups is 2. The van der Waals surface area contributed by atoms with E-state index in [2.05, 4.69) is 10.6 Å². The molecule has 0 radical (unpaired) electrons. The molecule has 24 heavy (non-hydrogen) atoms. The molecule has 0 aliphatic heterocycles. The molecule has 5 heteroatoms. The fourth-order valence-electron chi connectivity index (χ4n) is 2.21. The predicted molar refractivity (Wildman–Crippen MR) is 99.6 cm³/mol. The molecular weight excluding hydrogens is 320 g/mol. The second-order valence-corrected chi connectivity index (χ2v) is 6.85. The number of hydrogen-bond donors (Lipinski definition) is 2. The van der Waals surface area contributed by atoms with Crippen molar-refractivity contribution < 1.29 is 9.59 Å². The highest BCUT2D eigenvalue weighted by molar-refractivity contribution is 8.00. The zero-order valence-electron chi connectivity index (χ0n) is 14.1. The largest absolute Gasteiger partial charge is 0.353 e. The summed E-state index contributed by atoms with van der Waals surface area (Å²) in [5.74, 6) is 0.0734. The van der Waals surface area contributed by atoms with Gasteiger partial charge in [-0.15, -0.1) is 11.8 Å². The molecule has 0 saturated carbocycles. The first kappa shape index (κ1) is 18.1. The fourth-order valence-corrected chi connectivity index (χ4v) is 3.07. The average Bonchev–Trinajstić information content (AvgIpc) is 2.52. The quantitative estimate of drug-likeness (QED) is 0.784. The summed E-state index contributed by atoms with van der Waals surface area (Å²) in [6, 6.07) is 15.1. The third kappa shape index (κ3) is 5.42. The van der Waals surface area contributed by atoms with E-state index >= 15 is 0 Å². The molecule has 0 aliphatic rings. The van der Waals surface area contributed by atoms with Crippen LogP contribution in [0.4, 0.5) is 5.69 Å². The van der Waals surface area contributed by atoms with Gasteiger partial charge in [-0.1, -0.05) is 24.3 Å². The molecule has 2 amide bonds. The van der Waals surface area contributed by atoms with Crippen molar-refractivity contribution in [3.8, 4) is 0 Å². The fraction of sp³-hybridized carbons (Fsp3) is 0.263. The van der Waals surface area contributed by atoms with Gasteiger partial charge in [0.2, 0.25) is 5.91 Å². The normalized spacial score (nSPS) is 10.5. The monoisotopic (exact) mass is 342 g/mol. The van der Waals surface area contributed by atoms with Crippen molar-refractivity contribution in [1.29, 1.82) is 0 Å². The highest BCUT2D eigenvalue weighted by Crippen LogP contribution is 2.23. The Morgan fingerprint density at radius 1 is 1.08 bits per heavy atom. The Hall–Kier alpha value is -2.27. The number of amides is 2. The second-order valence-electron chi connectivity index (χ2n) is 5.83. The Morgan fingerprint density at radius 3 is 2.54 bits per heavy atom. The van der Waals surface area contributed by atoms with Gasteiger partial charge in [0.25, 0.3) is 5.91 Å². The lowest BCUT2D eigenvalue weighted by Gasteiger charge is -2.11. The van der Waals surface area contributed by atoms with Crippen molar-refractivity contribution in [3.05, 3.63) is 59.7 Å². The zero-order chi connectivity index (χ0) is 17.5. The number of aryl methyl sites for hydroxylation is 1. The van der Waals surface area contributed by atoms with E-state index in [1.807, 2.05) is 63.2 Å². The third-order valence-electron chi connectivity index (χ3n) is 3.22. The van der Waals surface area contributed by atoms with E-state index in [9.17, 15) is 9.59 Å². The SMILES string of the molecule is Cc1cccc(NC(=O)c2ccccc2SCC(=O)NC(C)C)c1. The van der Waals surface area contributed by atoms with Crippen LogP contribution in [-0.4, -0.2) is 23.6 Å². The van der Waals surface area contributed by atoms with Crippen molar-refractivity contribution in [2.24, 2.45) is 0 Å². The lowest BCUT2D eigenvalue weighted by atomic mass is 10.2. The minimum absolute atomic E-state index is 0.0381. The van der Waals surface area contributed by atoms with E-state index in [4.69, 9.17) is 0 Å². The van der Waals surface area contributed by atoms with Crippen molar-refractivity contribution >= 4 is 29.3 Å². The molecule has 0 spiro atoms. The zero-order valence-corrected chi connectivity index (χ0v) is 14.9. The summed E-state index contributed by atoms with van der Waals surface area (Å²) in [6.45, 7) is 5.82. The van der Waals surface area contributed by atoms with Gasteiger partial charge in [0.05, 0.1) is 11.3 Å². The Labute approximate surface area is 147 Å². The van der Waals surface area contributed by atoms with Crippen molar-refractivity contribution in [2.45, 2.75) is 31.7 Å². The second kappa shape index (κ2) is 8.55. The highest BCUT2D eigenvalue weighted by Gasteiger charge is 2.13. The van der Waals surface area contributed by atoms with Gasteiger partial charge in [0.1, 0.15) is 0 Å². The van der Waals surface area contributed by atoms with Gasteiger partial charge in [-0.3, -0.25) is 9.59 Å². The molecule has 0 atom stereocenters. The summed E-state index contributed by atoms with van der Waals surface area (Å²) in [6.07, 6.45) is 0. The summed E-state index contributed by atoms with van der Waals surface area (Å²) in [5.41, 5.74) is 2.42. The maximum absolute atomic E-state index is 12.5. The Morgan fingerprint density at radius 2 is 1.83 bits per heavy atom. The molecule has 0 bridgehead atoms. The number of carbonyl (C=O) groups excluding carboxylic acids is 2. The number of nitrogens with one attached hydrogen (secondary N) is 2. The Balaban J connectivity index is 2.07. The van der Waals surface area contributed by atoms with Gasteiger partial charge in [-0.05, 0) is 50.6 Å². The van der Waals surface area contributed by atoms with Gasteiger partial charge in [0.15, 0.2) is 0 Å². The number of benzene rings is 2. The third-order valence-corrected chi connectivity index (χ3v) is 4.29. The molecule has 4 nitrogen and oxygen atoms in total. The number of thioether (sulfide) groups is 1. The standard InChI is InChI=1S/C19H22N2O2S/c1-13(2)20-18(22)12-24-17-10-5-4-9-16(17)19(23)21-15-8-6-7-14(3)11-15/h4-11,13H,12H2,1-3H3,(H,20,22)(H,21,23). The summed E-state index contributed by atoms with van der Waals surface area (Å²) < 4.78 is 0. The van der Waals surface area contributed by atoms with Crippen molar-refractivity contribution in [2.75, 3.05) is 11.1 Å². The van der Waals surface area contributed by atoms with Crippen molar-refractivity contribution in [3.63, 3.8) is 0 Å². The summed E-state index contributed by atoms with van der Waals surface area (Å²) >= 11 is 1.37. The Kier molecular flexibility index (Phi) is 6.44. The molecule has 126 valence electrons. The van der Waals surface area contributed by atoms with Gasteiger partial charge in [-0.25, -0.2) is 0 Å². The van der Waals surface area contributed by atoms with Crippen LogP contribution in [0.15, 0.2) is 53.4 Å². The lowest BCUT2D eigenvalue weighted by Crippen LogP contribution is -2.31. The van der Waals surface area contributed by atoms with Crippen LogP contribution in [0.5, 0.6) is 0 Å². The topological polar surface area (TPSA) is 58.2 Å². The van der Waals surface area contributed by atoms with E-state index in [-0.39, 0.29) is 23.6 Å². The predicted octanol–water partition coefficient (Wildman–Crippen LogP) is 3.86. The minimum Gasteiger partial charge on any atom is -0.353 e. The minimum atomic E-state index is -0.173. The van der Waals surface area contributed by atoms with E-state index in [0.29, 0.717) is 5.56 Å². The molecule has 2 aromatic rings. The molecular formula is C19H22N2O2S. The molecule has 0 heterocycles. The molecule has 0 fully saturated rings. The van der Waals surface area contributed by atoms with Crippen LogP contribution in [0.2, 0.25) is 0 Å². The number of anilines is 1. The highest BCUT2D eigenvalue weighted by atomic mass is 32.2. The van der Waals surface area contributed by atoms with Gasteiger partial charge < -0.3 is 10.6 Å². The number of rotatable bonds is 6. The van der Waals surface area contributed by atoms with E-state index in [1.54, 1.807) is 6.07 Å². The Bertz CT molecular complexity index is 729. The van der Waals surface area contributed by atoms with Crippen LogP contribution in [0, 0.1) is 6.92 Å². The van der Waals surface area contributed by atoms with Gasteiger partial charge >= 0.3 is 0 Å². The molecule has 0 aliphatic carbocycles. The summed E-state index contributed by atoms with van der Waals surface area (Å²) in [7, 11) is 0. The molecule has 0 unspecified atom stereocenters. The average molecular weight is 342 g/mol. The maximum Gasteiger partial charge on any atom is 0.256 e.